The predicted molar refractivity (Wildman–Crippen MR) is 54.6 cm³/mol. The van der Waals surface area contributed by atoms with Crippen LogP contribution in [-0.4, -0.2) is 42.3 Å². The number of piperidine rings is 1. The number of unbranched alkanes of at least 4 members (excludes halogenated alkanes) is 1. The van der Waals surface area contributed by atoms with Gasteiger partial charge in [-0.15, -0.1) is 0 Å². The molecular weight excluding hydrogens is 164 g/mol. The highest BCUT2D eigenvalue weighted by molar-refractivity contribution is 4.75. The van der Waals surface area contributed by atoms with Crippen molar-refractivity contribution in [1.29, 1.82) is 0 Å². The van der Waals surface area contributed by atoms with Gasteiger partial charge in [0.05, 0.1) is 6.61 Å². The Hall–Kier alpha value is -0.120. The number of hydrogen-bond acceptors (Lipinski definition) is 3. The highest BCUT2D eigenvalue weighted by atomic mass is 16.3. The van der Waals surface area contributed by atoms with Gasteiger partial charge in [0.2, 0.25) is 0 Å². The molecule has 1 fully saturated rings. The molecule has 0 bridgehead atoms. The summed E-state index contributed by atoms with van der Waals surface area (Å²) in [4.78, 5) is 2.42. The van der Waals surface area contributed by atoms with E-state index in [4.69, 9.17) is 10.8 Å². The van der Waals surface area contributed by atoms with E-state index in [-0.39, 0.29) is 0 Å². The van der Waals surface area contributed by atoms with Crippen LogP contribution in [0.2, 0.25) is 0 Å². The average molecular weight is 186 g/mol. The van der Waals surface area contributed by atoms with Gasteiger partial charge in [0.1, 0.15) is 0 Å². The summed E-state index contributed by atoms with van der Waals surface area (Å²) in [6.45, 7) is 3.39. The van der Waals surface area contributed by atoms with Gasteiger partial charge >= 0.3 is 0 Å². The lowest BCUT2D eigenvalue weighted by Crippen LogP contribution is -2.42. The largest absolute Gasteiger partial charge is 0.395 e. The van der Waals surface area contributed by atoms with Gasteiger partial charge in [-0.1, -0.05) is 6.42 Å². The number of hydrogen-bond donors (Lipinski definition) is 2. The van der Waals surface area contributed by atoms with Crippen LogP contribution in [-0.2, 0) is 0 Å². The maximum Gasteiger partial charge on any atom is 0.0586 e. The van der Waals surface area contributed by atoms with Gasteiger partial charge in [0.25, 0.3) is 0 Å². The summed E-state index contributed by atoms with van der Waals surface area (Å²) in [7, 11) is 0. The highest BCUT2D eigenvalue weighted by Gasteiger charge is 2.20. The van der Waals surface area contributed by atoms with E-state index in [0.29, 0.717) is 12.6 Å². The first-order chi connectivity index (χ1) is 6.38. The van der Waals surface area contributed by atoms with E-state index in [0.717, 1.165) is 26.1 Å². The van der Waals surface area contributed by atoms with E-state index in [1.54, 1.807) is 0 Å². The molecule has 0 amide bonds. The van der Waals surface area contributed by atoms with Gasteiger partial charge in [-0.3, -0.25) is 4.90 Å². The molecule has 0 aromatic rings. The van der Waals surface area contributed by atoms with E-state index in [9.17, 15) is 0 Å². The molecule has 78 valence electrons. The summed E-state index contributed by atoms with van der Waals surface area (Å²) in [5, 5.41) is 9.15. The average Bonchev–Trinajstić information content (AvgIpc) is 2.19. The summed E-state index contributed by atoms with van der Waals surface area (Å²) in [6, 6.07) is 0.423. The summed E-state index contributed by atoms with van der Waals surface area (Å²) < 4.78 is 0. The first kappa shape index (κ1) is 11.0. The molecule has 1 heterocycles. The summed E-state index contributed by atoms with van der Waals surface area (Å²) >= 11 is 0. The first-order valence-corrected chi connectivity index (χ1v) is 5.43. The molecule has 13 heavy (non-hydrogen) atoms. The third-order valence-corrected chi connectivity index (χ3v) is 2.86. The van der Waals surface area contributed by atoms with Crippen LogP contribution in [0.25, 0.3) is 0 Å². The molecular formula is C10H22N2O. The van der Waals surface area contributed by atoms with Gasteiger partial charge < -0.3 is 10.8 Å². The number of aliphatic hydroxyl groups excluding tert-OH is 1. The Balaban J connectivity index is 2.19. The second-order valence-corrected chi connectivity index (χ2v) is 3.86. The summed E-state index contributed by atoms with van der Waals surface area (Å²) in [6.07, 6.45) is 6.01. The summed E-state index contributed by atoms with van der Waals surface area (Å²) in [5.41, 5.74) is 5.44. The zero-order valence-electron chi connectivity index (χ0n) is 8.41. The summed E-state index contributed by atoms with van der Waals surface area (Å²) in [5.74, 6) is 0. The molecule has 1 rings (SSSR count). The minimum atomic E-state index is 0.322. The molecule has 1 aliphatic rings. The van der Waals surface area contributed by atoms with Crippen molar-refractivity contribution < 1.29 is 5.11 Å². The topological polar surface area (TPSA) is 49.5 Å². The van der Waals surface area contributed by atoms with Crippen LogP contribution >= 0.6 is 0 Å². The number of rotatable bonds is 5. The van der Waals surface area contributed by atoms with Crippen molar-refractivity contribution in [1.82, 2.24) is 4.90 Å². The number of aliphatic hydroxyl groups is 1. The maximum atomic E-state index is 9.15. The van der Waals surface area contributed by atoms with Crippen LogP contribution in [0.1, 0.15) is 32.1 Å². The van der Waals surface area contributed by atoms with E-state index < -0.39 is 0 Å². The van der Waals surface area contributed by atoms with Crippen molar-refractivity contribution in [3.05, 3.63) is 0 Å². The Morgan fingerprint density at radius 2 is 2.15 bits per heavy atom. The molecule has 3 N–H and O–H groups in total. The van der Waals surface area contributed by atoms with Crippen molar-refractivity contribution in [3.63, 3.8) is 0 Å². The molecule has 0 radical (unpaired) electrons. The van der Waals surface area contributed by atoms with Gasteiger partial charge in [-0.05, 0) is 45.3 Å². The van der Waals surface area contributed by atoms with E-state index in [1.807, 2.05) is 0 Å². The number of likely N-dealkylation sites (tertiary alicyclic amines) is 1. The minimum Gasteiger partial charge on any atom is -0.395 e. The molecule has 1 unspecified atom stereocenters. The van der Waals surface area contributed by atoms with E-state index >= 15 is 0 Å². The molecule has 0 aromatic heterocycles. The highest BCUT2D eigenvalue weighted by Crippen LogP contribution is 2.16. The van der Waals surface area contributed by atoms with Gasteiger partial charge in [-0.2, -0.15) is 0 Å². The fourth-order valence-corrected chi connectivity index (χ4v) is 2.02. The van der Waals surface area contributed by atoms with Crippen molar-refractivity contribution in [2.75, 3.05) is 26.2 Å². The second-order valence-electron chi connectivity index (χ2n) is 3.86. The molecule has 1 saturated heterocycles. The van der Waals surface area contributed by atoms with E-state index in [2.05, 4.69) is 4.90 Å². The molecule has 0 aromatic carbocycles. The number of nitrogens with zero attached hydrogens (tertiary/aromatic N) is 1. The molecule has 3 heteroatoms. The lowest BCUT2D eigenvalue weighted by Gasteiger charge is -2.34. The van der Waals surface area contributed by atoms with Gasteiger partial charge in [0.15, 0.2) is 0 Å². The van der Waals surface area contributed by atoms with Crippen molar-refractivity contribution in [3.8, 4) is 0 Å². The minimum absolute atomic E-state index is 0.322. The van der Waals surface area contributed by atoms with Gasteiger partial charge in [0, 0.05) is 6.04 Å². The fraction of sp³-hybridized carbons (Fsp3) is 1.00. The van der Waals surface area contributed by atoms with Crippen LogP contribution in [0.5, 0.6) is 0 Å². The standard InChI is InChI=1S/C10H22N2O/c11-6-2-4-8-12-7-3-1-5-10(12)9-13/h10,13H,1-9,11H2. The Bertz CT molecular complexity index is 130. The predicted octanol–water partition coefficient (Wildman–Crippen LogP) is 0.572. The zero-order chi connectivity index (χ0) is 9.52. The third-order valence-electron chi connectivity index (χ3n) is 2.86. The van der Waals surface area contributed by atoms with Crippen molar-refractivity contribution >= 4 is 0 Å². The lowest BCUT2D eigenvalue weighted by molar-refractivity contribution is 0.0889. The van der Waals surface area contributed by atoms with Crippen LogP contribution in [0.4, 0.5) is 0 Å². The van der Waals surface area contributed by atoms with Crippen LogP contribution < -0.4 is 5.73 Å². The second kappa shape index (κ2) is 6.35. The van der Waals surface area contributed by atoms with Crippen LogP contribution in [0.15, 0.2) is 0 Å². The monoisotopic (exact) mass is 186 g/mol. The third kappa shape index (κ3) is 3.63. The van der Waals surface area contributed by atoms with Crippen LogP contribution in [0, 0.1) is 0 Å². The normalized spacial score (nSPS) is 24.9. The Kier molecular flexibility index (Phi) is 5.35. The Morgan fingerprint density at radius 1 is 1.31 bits per heavy atom. The maximum absolute atomic E-state index is 9.15. The molecule has 3 nitrogen and oxygen atoms in total. The first-order valence-electron chi connectivity index (χ1n) is 5.43. The molecule has 1 aliphatic heterocycles. The molecule has 1 atom stereocenters. The van der Waals surface area contributed by atoms with Gasteiger partial charge in [-0.25, -0.2) is 0 Å². The smallest absolute Gasteiger partial charge is 0.0586 e. The Morgan fingerprint density at radius 3 is 2.85 bits per heavy atom. The lowest BCUT2D eigenvalue weighted by atomic mass is 10.0. The van der Waals surface area contributed by atoms with Crippen molar-refractivity contribution in [2.45, 2.75) is 38.1 Å². The quantitative estimate of drug-likeness (QED) is 0.617. The number of nitrogens with two attached hydrogens (primary N) is 1. The van der Waals surface area contributed by atoms with Crippen molar-refractivity contribution in [2.24, 2.45) is 5.73 Å². The molecule has 0 spiro atoms. The fourth-order valence-electron chi connectivity index (χ4n) is 2.02. The zero-order valence-corrected chi connectivity index (χ0v) is 8.41. The molecule has 0 aliphatic carbocycles. The molecule has 0 saturated carbocycles. The van der Waals surface area contributed by atoms with Crippen LogP contribution in [0.3, 0.4) is 0 Å². The Labute approximate surface area is 80.9 Å². The SMILES string of the molecule is NCCCCN1CCCCC1CO. The van der Waals surface area contributed by atoms with E-state index in [1.165, 1.54) is 25.7 Å².